The molecule has 8 heteroatoms. The molecule has 150 valence electrons. The Morgan fingerprint density at radius 2 is 1.18 bits per heavy atom. The van der Waals surface area contributed by atoms with Gasteiger partial charge in [0.15, 0.2) is 5.82 Å². The number of anilines is 2. The van der Waals surface area contributed by atoms with Crippen LogP contribution in [0.1, 0.15) is 42.9 Å². The zero-order chi connectivity index (χ0) is 19.5. The molecule has 0 bridgehead atoms. The Bertz CT molecular complexity index is 804. The van der Waals surface area contributed by atoms with Gasteiger partial charge in [-0.2, -0.15) is 15.0 Å². The molecule has 2 saturated heterocycles. The number of nitrogens with zero attached hydrogens (tertiary/aromatic N) is 7. The molecule has 0 unspecified atom stereocenters. The number of ether oxygens (including phenoxy) is 1. The Morgan fingerprint density at radius 1 is 0.643 bits per heavy atom. The molecule has 0 radical (unpaired) electrons. The Labute approximate surface area is 166 Å². The number of aromatic nitrogens is 5. The highest BCUT2D eigenvalue weighted by Gasteiger charge is 2.22. The molecule has 0 aromatic carbocycles. The van der Waals surface area contributed by atoms with Crippen LogP contribution in [0.15, 0.2) is 0 Å². The second kappa shape index (κ2) is 8.34. The third-order valence-electron chi connectivity index (χ3n) is 5.40. The minimum Gasteiger partial charge on any atom is -0.378 e. The van der Waals surface area contributed by atoms with Crippen molar-refractivity contribution in [1.29, 1.82) is 0 Å². The highest BCUT2D eigenvalue weighted by Crippen LogP contribution is 2.27. The Morgan fingerprint density at radius 3 is 1.75 bits per heavy atom. The van der Waals surface area contributed by atoms with Gasteiger partial charge in [-0.15, -0.1) is 0 Å². The van der Waals surface area contributed by atoms with Crippen molar-refractivity contribution >= 4 is 11.9 Å². The Hall–Kier alpha value is -2.35. The van der Waals surface area contributed by atoms with Crippen LogP contribution in [0.3, 0.4) is 0 Å². The van der Waals surface area contributed by atoms with E-state index < -0.39 is 0 Å². The van der Waals surface area contributed by atoms with Crippen LogP contribution in [0.2, 0.25) is 0 Å². The number of aryl methyl sites for hydroxylation is 3. The zero-order valence-corrected chi connectivity index (χ0v) is 17.1. The normalized spacial score (nSPS) is 18.2. The van der Waals surface area contributed by atoms with Gasteiger partial charge in [-0.05, 0) is 33.6 Å². The van der Waals surface area contributed by atoms with Gasteiger partial charge in [0.25, 0.3) is 0 Å². The van der Waals surface area contributed by atoms with Crippen molar-refractivity contribution in [3.8, 4) is 11.4 Å². The van der Waals surface area contributed by atoms with Gasteiger partial charge in [0.2, 0.25) is 11.9 Å². The van der Waals surface area contributed by atoms with Crippen molar-refractivity contribution < 1.29 is 4.74 Å². The monoisotopic (exact) mass is 383 g/mol. The van der Waals surface area contributed by atoms with E-state index in [2.05, 4.69) is 19.8 Å². The average molecular weight is 384 g/mol. The highest BCUT2D eigenvalue weighted by atomic mass is 16.5. The average Bonchev–Trinajstić information content (AvgIpc) is 2.97. The van der Waals surface area contributed by atoms with Crippen molar-refractivity contribution in [2.24, 2.45) is 0 Å². The van der Waals surface area contributed by atoms with E-state index in [1.54, 1.807) is 0 Å². The molecule has 28 heavy (non-hydrogen) atoms. The summed E-state index contributed by atoms with van der Waals surface area (Å²) in [5, 5.41) is 0. The lowest BCUT2D eigenvalue weighted by atomic mass is 10.1. The number of hydrogen-bond donors (Lipinski definition) is 0. The van der Waals surface area contributed by atoms with E-state index in [4.69, 9.17) is 19.7 Å². The summed E-state index contributed by atoms with van der Waals surface area (Å²) in [4.78, 5) is 28.2. The van der Waals surface area contributed by atoms with Crippen molar-refractivity contribution in [2.45, 2.75) is 46.5 Å². The zero-order valence-electron chi connectivity index (χ0n) is 17.1. The quantitative estimate of drug-likeness (QED) is 0.800. The first-order valence-corrected chi connectivity index (χ1v) is 10.3. The van der Waals surface area contributed by atoms with Gasteiger partial charge in [-0.25, -0.2) is 9.97 Å². The van der Waals surface area contributed by atoms with E-state index in [0.717, 1.165) is 60.9 Å². The summed E-state index contributed by atoms with van der Waals surface area (Å²) >= 11 is 0. The van der Waals surface area contributed by atoms with Gasteiger partial charge in [0.05, 0.1) is 30.2 Å². The van der Waals surface area contributed by atoms with Crippen LogP contribution < -0.4 is 9.80 Å². The Balaban J connectivity index is 1.79. The van der Waals surface area contributed by atoms with Gasteiger partial charge in [-0.3, -0.25) is 0 Å². The lowest BCUT2D eigenvalue weighted by Crippen LogP contribution is -2.38. The van der Waals surface area contributed by atoms with Gasteiger partial charge in [0, 0.05) is 26.2 Å². The first-order valence-electron chi connectivity index (χ1n) is 10.3. The molecular weight excluding hydrogens is 354 g/mol. The molecule has 0 aliphatic carbocycles. The molecule has 4 heterocycles. The fourth-order valence-corrected chi connectivity index (χ4v) is 3.99. The van der Waals surface area contributed by atoms with Crippen LogP contribution in [0.25, 0.3) is 11.4 Å². The number of morpholine rings is 1. The molecule has 2 fully saturated rings. The summed E-state index contributed by atoms with van der Waals surface area (Å²) < 4.78 is 5.51. The van der Waals surface area contributed by atoms with Crippen LogP contribution in [-0.4, -0.2) is 64.3 Å². The van der Waals surface area contributed by atoms with Gasteiger partial charge < -0.3 is 14.5 Å². The van der Waals surface area contributed by atoms with Crippen LogP contribution >= 0.6 is 0 Å². The van der Waals surface area contributed by atoms with Crippen LogP contribution in [0.5, 0.6) is 0 Å². The molecule has 2 aliphatic rings. The molecule has 0 amide bonds. The fraction of sp³-hybridized carbons (Fsp3) is 0.650. The molecule has 0 spiro atoms. The topological polar surface area (TPSA) is 80.2 Å². The molecule has 4 rings (SSSR count). The molecule has 2 aromatic heterocycles. The lowest BCUT2D eigenvalue weighted by molar-refractivity contribution is 0.122. The van der Waals surface area contributed by atoms with Crippen molar-refractivity contribution in [1.82, 2.24) is 24.9 Å². The molecule has 2 aliphatic heterocycles. The van der Waals surface area contributed by atoms with Crippen molar-refractivity contribution in [2.75, 3.05) is 49.2 Å². The smallest absolute Gasteiger partial charge is 0.230 e. The van der Waals surface area contributed by atoms with Crippen LogP contribution in [0, 0.1) is 20.8 Å². The van der Waals surface area contributed by atoms with E-state index in [0.29, 0.717) is 19.0 Å². The second-order valence-electron chi connectivity index (χ2n) is 7.58. The predicted octanol–water partition coefficient (Wildman–Crippen LogP) is 2.47. The first-order chi connectivity index (χ1) is 13.6. The van der Waals surface area contributed by atoms with Gasteiger partial charge in [0.1, 0.15) is 5.82 Å². The van der Waals surface area contributed by atoms with E-state index in [1.165, 1.54) is 25.7 Å². The van der Waals surface area contributed by atoms with Crippen LogP contribution in [-0.2, 0) is 4.74 Å². The predicted molar refractivity (Wildman–Crippen MR) is 109 cm³/mol. The number of rotatable bonds is 3. The summed E-state index contributed by atoms with van der Waals surface area (Å²) in [6.07, 6.45) is 4.91. The number of hydrogen-bond acceptors (Lipinski definition) is 8. The van der Waals surface area contributed by atoms with Crippen molar-refractivity contribution in [3.63, 3.8) is 0 Å². The molecular formula is C20H29N7O. The molecule has 0 N–H and O–H groups in total. The summed E-state index contributed by atoms with van der Waals surface area (Å²) in [6, 6.07) is 0. The largest absolute Gasteiger partial charge is 0.378 e. The summed E-state index contributed by atoms with van der Waals surface area (Å²) in [7, 11) is 0. The van der Waals surface area contributed by atoms with Crippen molar-refractivity contribution in [3.05, 3.63) is 17.2 Å². The minimum absolute atomic E-state index is 0.672. The third kappa shape index (κ3) is 4.06. The third-order valence-corrected chi connectivity index (χ3v) is 5.40. The SMILES string of the molecule is Cc1nc(C)c(-c2nc(N3CCCCCC3)nc(N3CCOCC3)n2)c(C)n1. The highest BCUT2D eigenvalue weighted by molar-refractivity contribution is 5.63. The maximum Gasteiger partial charge on any atom is 0.230 e. The summed E-state index contributed by atoms with van der Waals surface area (Å²) in [6.45, 7) is 10.9. The minimum atomic E-state index is 0.672. The van der Waals surface area contributed by atoms with Gasteiger partial charge in [-0.1, -0.05) is 12.8 Å². The second-order valence-corrected chi connectivity index (χ2v) is 7.58. The van der Waals surface area contributed by atoms with E-state index in [9.17, 15) is 0 Å². The molecule has 0 saturated carbocycles. The van der Waals surface area contributed by atoms with E-state index >= 15 is 0 Å². The lowest BCUT2D eigenvalue weighted by Gasteiger charge is -2.28. The summed E-state index contributed by atoms with van der Waals surface area (Å²) in [5.74, 6) is 2.94. The first kappa shape index (κ1) is 19.0. The van der Waals surface area contributed by atoms with E-state index in [-0.39, 0.29) is 0 Å². The summed E-state index contributed by atoms with van der Waals surface area (Å²) in [5.41, 5.74) is 2.73. The van der Waals surface area contributed by atoms with Gasteiger partial charge >= 0.3 is 0 Å². The molecule has 0 atom stereocenters. The van der Waals surface area contributed by atoms with E-state index in [1.807, 2.05) is 20.8 Å². The maximum atomic E-state index is 5.51. The maximum absolute atomic E-state index is 5.51. The Kier molecular flexibility index (Phi) is 5.66. The molecule has 2 aromatic rings. The molecule has 8 nitrogen and oxygen atoms in total. The van der Waals surface area contributed by atoms with Crippen LogP contribution in [0.4, 0.5) is 11.9 Å². The standard InChI is InChI=1S/C20H29N7O/c1-14-17(15(2)22-16(3)21-14)18-23-19(26-8-6-4-5-7-9-26)25-20(24-18)27-10-12-28-13-11-27/h4-13H2,1-3H3. The fourth-order valence-electron chi connectivity index (χ4n) is 3.99.